The Morgan fingerprint density at radius 2 is 2.25 bits per heavy atom. The summed E-state index contributed by atoms with van der Waals surface area (Å²) in [6.45, 7) is 8.79. The van der Waals surface area contributed by atoms with Gasteiger partial charge in [-0.25, -0.2) is 9.98 Å². The minimum atomic E-state index is -0.0514. The lowest BCUT2D eigenvalue weighted by Gasteiger charge is -2.20. The molecule has 0 saturated carbocycles. The fourth-order valence-electron chi connectivity index (χ4n) is 1.17. The first kappa shape index (κ1) is 13.0. The van der Waals surface area contributed by atoms with Crippen LogP contribution in [0.15, 0.2) is 10.4 Å². The molecule has 0 aliphatic heterocycles. The van der Waals surface area contributed by atoms with Gasteiger partial charge in [-0.05, 0) is 27.2 Å². The Hall–Kier alpha value is -1.10. The monoisotopic (exact) mass is 240 g/mol. The molecule has 0 bridgehead atoms. The second-order valence-electron chi connectivity index (χ2n) is 4.66. The van der Waals surface area contributed by atoms with E-state index in [1.165, 1.54) is 0 Å². The van der Waals surface area contributed by atoms with Crippen LogP contribution in [0.1, 0.15) is 38.4 Å². The quantitative estimate of drug-likeness (QED) is 0.626. The molecule has 1 aromatic heterocycles. The zero-order valence-corrected chi connectivity index (χ0v) is 11.2. The molecule has 0 aromatic carbocycles. The predicted octanol–water partition coefficient (Wildman–Crippen LogP) is 1.91. The predicted molar refractivity (Wildman–Crippen MR) is 69.7 cm³/mol. The van der Waals surface area contributed by atoms with E-state index in [0.717, 1.165) is 17.1 Å². The van der Waals surface area contributed by atoms with E-state index in [2.05, 4.69) is 22.2 Å². The number of aromatic nitrogens is 1. The fourth-order valence-corrected chi connectivity index (χ4v) is 1.91. The van der Waals surface area contributed by atoms with E-state index in [1.807, 2.05) is 26.2 Å². The van der Waals surface area contributed by atoms with Gasteiger partial charge < -0.3 is 11.1 Å². The molecule has 4 nitrogen and oxygen atoms in total. The zero-order valence-electron chi connectivity index (χ0n) is 10.4. The minimum Gasteiger partial charge on any atom is -0.370 e. The van der Waals surface area contributed by atoms with Crippen LogP contribution in [0.4, 0.5) is 0 Å². The van der Waals surface area contributed by atoms with Gasteiger partial charge in [0, 0.05) is 10.9 Å². The highest BCUT2D eigenvalue weighted by Gasteiger charge is 2.09. The van der Waals surface area contributed by atoms with Crippen LogP contribution in [-0.4, -0.2) is 16.5 Å². The summed E-state index contributed by atoms with van der Waals surface area (Å²) in [7, 11) is 0. The highest BCUT2D eigenvalue weighted by Crippen LogP contribution is 2.10. The summed E-state index contributed by atoms with van der Waals surface area (Å²) in [5, 5.41) is 6.29. The molecular weight excluding hydrogens is 220 g/mol. The van der Waals surface area contributed by atoms with Crippen LogP contribution in [-0.2, 0) is 13.0 Å². The standard InChI is InChI=1S/C11H20N4S/c1-5-9-14-8(7-16-9)6-13-10(12)15-11(2,3)4/h7H,5-6H2,1-4H3,(H3,12,13,15). The van der Waals surface area contributed by atoms with E-state index in [-0.39, 0.29) is 5.54 Å². The van der Waals surface area contributed by atoms with E-state index in [9.17, 15) is 0 Å². The van der Waals surface area contributed by atoms with Crippen molar-refractivity contribution in [2.75, 3.05) is 0 Å². The third kappa shape index (κ3) is 4.61. The summed E-state index contributed by atoms with van der Waals surface area (Å²) in [6.07, 6.45) is 0.976. The number of thiazole rings is 1. The van der Waals surface area contributed by atoms with E-state index >= 15 is 0 Å². The molecular formula is C11H20N4S. The number of nitrogens with one attached hydrogen (secondary N) is 1. The maximum Gasteiger partial charge on any atom is 0.189 e. The van der Waals surface area contributed by atoms with Gasteiger partial charge in [-0.1, -0.05) is 6.92 Å². The second kappa shape index (κ2) is 5.30. The third-order valence-electron chi connectivity index (χ3n) is 1.82. The van der Waals surface area contributed by atoms with Gasteiger partial charge in [0.1, 0.15) is 0 Å². The van der Waals surface area contributed by atoms with E-state index in [1.54, 1.807) is 11.3 Å². The average Bonchev–Trinajstić information content (AvgIpc) is 2.59. The lowest BCUT2D eigenvalue weighted by Crippen LogP contribution is -2.44. The molecule has 90 valence electrons. The zero-order chi connectivity index (χ0) is 12.2. The Kier molecular flexibility index (Phi) is 4.29. The highest BCUT2D eigenvalue weighted by molar-refractivity contribution is 7.09. The molecule has 0 fully saturated rings. The maximum absolute atomic E-state index is 5.76. The molecule has 1 aromatic rings. The number of aliphatic imine (C=N–C) groups is 1. The number of guanidine groups is 1. The molecule has 0 atom stereocenters. The summed E-state index contributed by atoms with van der Waals surface area (Å²) in [5.74, 6) is 0.471. The molecule has 0 unspecified atom stereocenters. The normalized spacial score (nSPS) is 12.9. The van der Waals surface area contributed by atoms with Crippen molar-refractivity contribution < 1.29 is 0 Å². The van der Waals surface area contributed by atoms with Gasteiger partial charge >= 0.3 is 0 Å². The van der Waals surface area contributed by atoms with Gasteiger partial charge in [-0.2, -0.15) is 0 Å². The van der Waals surface area contributed by atoms with Crippen LogP contribution in [0.3, 0.4) is 0 Å². The molecule has 3 N–H and O–H groups in total. The van der Waals surface area contributed by atoms with Crippen molar-refractivity contribution in [1.82, 2.24) is 10.3 Å². The summed E-state index contributed by atoms with van der Waals surface area (Å²) in [4.78, 5) is 8.68. The summed E-state index contributed by atoms with van der Waals surface area (Å²) >= 11 is 1.67. The number of hydrogen-bond donors (Lipinski definition) is 2. The van der Waals surface area contributed by atoms with Crippen molar-refractivity contribution in [2.45, 2.75) is 46.2 Å². The smallest absolute Gasteiger partial charge is 0.189 e. The second-order valence-corrected chi connectivity index (χ2v) is 5.61. The Morgan fingerprint density at radius 1 is 1.56 bits per heavy atom. The van der Waals surface area contributed by atoms with Crippen molar-refractivity contribution >= 4 is 17.3 Å². The molecule has 0 aliphatic rings. The van der Waals surface area contributed by atoms with Gasteiger partial charge in [0.05, 0.1) is 17.2 Å². The Balaban J connectivity index is 2.52. The minimum absolute atomic E-state index is 0.0514. The van der Waals surface area contributed by atoms with Crippen LogP contribution < -0.4 is 11.1 Å². The lowest BCUT2D eigenvalue weighted by molar-refractivity contribution is 0.508. The summed E-state index contributed by atoms with van der Waals surface area (Å²) in [6, 6.07) is 0. The van der Waals surface area contributed by atoms with Crippen molar-refractivity contribution in [3.63, 3.8) is 0 Å². The van der Waals surface area contributed by atoms with E-state index in [0.29, 0.717) is 12.5 Å². The third-order valence-corrected chi connectivity index (χ3v) is 2.86. The molecule has 0 aliphatic carbocycles. The first-order chi connectivity index (χ1) is 7.40. The van der Waals surface area contributed by atoms with E-state index < -0.39 is 0 Å². The number of rotatable bonds is 3. The van der Waals surface area contributed by atoms with Crippen LogP contribution in [0, 0.1) is 0 Å². The van der Waals surface area contributed by atoms with Crippen LogP contribution in [0.2, 0.25) is 0 Å². The molecule has 1 heterocycles. The average molecular weight is 240 g/mol. The number of nitrogens with zero attached hydrogens (tertiary/aromatic N) is 2. The van der Waals surface area contributed by atoms with Gasteiger partial charge in [0.2, 0.25) is 0 Å². The van der Waals surface area contributed by atoms with Gasteiger partial charge in [-0.3, -0.25) is 0 Å². The first-order valence-corrected chi connectivity index (χ1v) is 6.30. The topological polar surface area (TPSA) is 63.3 Å². The summed E-state index contributed by atoms with van der Waals surface area (Å²) < 4.78 is 0. The molecule has 0 radical (unpaired) electrons. The van der Waals surface area contributed by atoms with E-state index in [4.69, 9.17) is 5.73 Å². The maximum atomic E-state index is 5.76. The largest absolute Gasteiger partial charge is 0.370 e. The molecule has 16 heavy (non-hydrogen) atoms. The number of nitrogens with two attached hydrogens (primary N) is 1. The van der Waals surface area contributed by atoms with Crippen LogP contribution >= 0.6 is 11.3 Å². The van der Waals surface area contributed by atoms with Gasteiger partial charge in [0.15, 0.2) is 5.96 Å². The summed E-state index contributed by atoms with van der Waals surface area (Å²) in [5.41, 5.74) is 6.70. The molecule has 0 saturated heterocycles. The molecule has 1 rings (SSSR count). The van der Waals surface area contributed by atoms with Crippen molar-refractivity contribution in [2.24, 2.45) is 10.7 Å². The molecule has 5 heteroatoms. The molecule has 0 spiro atoms. The van der Waals surface area contributed by atoms with Gasteiger partial charge in [-0.15, -0.1) is 11.3 Å². The number of aryl methyl sites for hydroxylation is 1. The van der Waals surface area contributed by atoms with Crippen LogP contribution in [0.5, 0.6) is 0 Å². The van der Waals surface area contributed by atoms with Crippen LogP contribution in [0.25, 0.3) is 0 Å². The number of hydrogen-bond acceptors (Lipinski definition) is 3. The Bertz CT molecular complexity index is 362. The fraction of sp³-hybridized carbons (Fsp3) is 0.636. The Labute approximate surface area is 101 Å². The first-order valence-electron chi connectivity index (χ1n) is 5.42. The highest BCUT2D eigenvalue weighted by atomic mass is 32.1. The van der Waals surface area contributed by atoms with Gasteiger partial charge in [0.25, 0.3) is 0 Å². The van der Waals surface area contributed by atoms with Crippen molar-refractivity contribution in [1.29, 1.82) is 0 Å². The SMILES string of the molecule is CCc1nc(CN=C(N)NC(C)(C)C)cs1. The lowest BCUT2D eigenvalue weighted by atomic mass is 10.1. The van der Waals surface area contributed by atoms with Crippen molar-refractivity contribution in [3.8, 4) is 0 Å². The molecule has 0 amide bonds. The Morgan fingerprint density at radius 3 is 2.75 bits per heavy atom. The van der Waals surface area contributed by atoms with Crippen molar-refractivity contribution in [3.05, 3.63) is 16.1 Å².